The predicted molar refractivity (Wildman–Crippen MR) is 125 cm³/mol. The lowest BCUT2D eigenvalue weighted by Crippen LogP contribution is -2.39. The average Bonchev–Trinajstić information content (AvgIpc) is 3.42. The molecule has 0 saturated heterocycles. The third-order valence-electron chi connectivity index (χ3n) is 4.45. The predicted octanol–water partition coefficient (Wildman–Crippen LogP) is 4.19. The molecule has 0 aliphatic heterocycles. The maximum absolute atomic E-state index is 12.8. The van der Waals surface area contributed by atoms with Crippen molar-refractivity contribution < 1.29 is 14.4 Å². The first-order chi connectivity index (χ1) is 15.0. The molecule has 0 spiro atoms. The molecule has 2 N–H and O–H groups in total. The van der Waals surface area contributed by atoms with Crippen molar-refractivity contribution in [3.63, 3.8) is 0 Å². The van der Waals surface area contributed by atoms with E-state index in [9.17, 15) is 14.4 Å². The van der Waals surface area contributed by atoms with E-state index >= 15 is 0 Å². The van der Waals surface area contributed by atoms with Crippen LogP contribution < -0.4 is 10.6 Å². The molecule has 1 aromatic carbocycles. The third kappa shape index (κ3) is 6.47. The lowest BCUT2D eigenvalue weighted by molar-refractivity contribution is -0.134. The number of carbonyl (C=O) groups excluding carboxylic acids is 3. The SMILES string of the molecule is CCCN(CC(=O)Nc1ccccc1C)C(=O)Cc1csc(NC(=O)c2cccs2)n1. The number of nitrogens with zero attached hydrogens (tertiary/aromatic N) is 2. The summed E-state index contributed by atoms with van der Waals surface area (Å²) in [7, 11) is 0. The van der Waals surface area contributed by atoms with E-state index in [0.717, 1.165) is 17.7 Å². The first kappa shape index (κ1) is 22.6. The van der Waals surface area contributed by atoms with Crippen LogP contribution in [0.5, 0.6) is 0 Å². The van der Waals surface area contributed by atoms with Crippen LogP contribution in [-0.4, -0.2) is 40.7 Å². The maximum atomic E-state index is 12.8. The molecule has 0 aliphatic carbocycles. The van der Waals surface area contributed by atoms with Gasteiger partial charge in [0.25, 0.3) is 5.91 Å². The molecule has 3 aromatic rings. The second-order valence-electron chi connectivity index (χ2n) is 6.93. The van der Waals surface area contributed by atoms with E-state index in [2.05, 4.69) is 15.6 Å². The van der Waals surface area contributed by atoms with Crippen molar-refractivity contribution in [3.05, 3.63) is 63.3 Å². The number of benzene rings is 1. The molecule has 0 fully saturated rings. The Kier molecular flexibility index (Phi) is 7.91. The highest BCUT2D eigenvalue weighted by atomic mass is 32.1. The van der Waals surface area contributed by atoms with Gasteiger partial charge in [-0.05, 0) is 36.4 Å². The molecule has 0 radical (unpaired) electrons. The second-order valence-corrected chi connectivity index (χ2v) is 8.74. The van der Waals surface area contributed by atoms with Crippen LogP contribution in [0.25, 0.3) is 0 Å². The lowest BCUT2D eigenvalue weighted by Gasteiger charge is -2.21. The number of aromatic nitrogens is 1. The first-order valence-corrected chi connectivity index (χ1v) is 11.6. The Morgan fingerprint density at radius 1 is 1.06 bits per heavy atom. The van der Waals surface area contributed by atoms with E-state index in [1.165, 1.54) is 27.6 Å². The van der Waals surface area contributed by atoms with Crippen LogP contribution in [0.15, 0.2) is 47.2 Å². The minimum absolute atomic E-state index is 0.0207. The number of para-hydroxylation sites is 1. The van der Waals surface area contributed by atoms with E-state index in [0.29, 0.717) is 22.2 Å². The van der Waals surface area contributed by atoms with Crippen molar-refractivity contribution in [3.8, 4) is 0 Å². The van der Waals surface area contributed by atoms with Gasteiger partial charge in [-0.15, -0.1) is 22.7 Å². The summed E-state index contributed by atoms with van der Waals surface area (Å²) in [5.74, 6) is -0.635. The number of hydrogen-bond acceptors (Lipinski definition) is 6. The number of aryl methyl sites for hydroxylation is 1. The van der Waals surface area contributed by atoms with Gasteiger partial charge in [-0.25, -0.2) is 4.98 Å². The highest BCUT2D eigenvalue weighted by Crippen LogP contribution is 2.19. The molecule has 0 saturated carbocycles. The number of amides is 3. The minimum Gasteiger partial charge on any atom is -0.333 e. The van der Waals surface area contributed by atoms with E-state index in [4.69, 9.17) is 0 Å². The summed E-state index contributed by atoms with van der Waals surface area (Å²) >= 11 is 2.62. The van der Waals surface area contributed by atoms with Gasteiger partial charge in [-0.2, -0.15) is 0 Å². The van der Waals surface area contributed by atoms with Crippen molar-refractivity contribution in [2.75, 3.05) is 23.7 Å². The van der Waals surface area contributed by atoms with Crippen molar-refractivity contribution in [1.29, 1.82) is 0 Å². The molecule has 0 bridgehead atoms. The van der Waals surface area contributed by atoms with Gasteiger partial charge >= 0.3 is 0 Å². The summed E-state index contributed by atoms with van der Waals surface area (Å²) in [6, 6.07) is 11.1. The Labute approximate surface area is 189 Å². The van der Waals surface area contributed by atoms with Crippen molar-refractivity contribution >= 4 is 51.2 Å². The quantitative estimate of drug-likeness (QED) is 0.505. The van der Waals surface area contributed by atoms with Crippen LogP contribution in [0.3, 0.4) is 0 Å². The van der Waals surface area contributed by atoms with Gasteiger partial charge in [0, 0.05) is 17.6 Å². The minimum atomic E-state index is -0.238. The molecule has 9 heteroatoms. The summed E-state index contributed by atoms with van der Waals surface area (Å²) in [5, 5.41) is 9.64. The van der Waals surface area contributed by atoms with Gasteiger partial charge in [0.2, 0.25) is 11.8 Å². The topological polar surface area (TPSA) is 91.4 Å². The van der Waals surface area contributed by atoms with Crippen LogP contribution in [0.2, 0.25) is 0 Å². The Hall–Kier alpha value is -3.04. The van der Waals surface area contributed by atoms with Gasteiger partial charge in [0.05, 0.1) is 23.5 Å². The Morgan fingerprint density at radius 3 is 2.58 bits per heavy atom. The smallest absolute Gasteiger partial charge is 0.267 e. The van der Waals surface area contributed by atoms with Crippen LogP contribution in [-0.2, 0) is 16.0 Å². The first-order valence-electron chi connectivity index (χ1n) is 9.88. The monoisotopic (exact) mass is 456 g/mol. The zero-order valence-corrected chi connectivity index (χ0v) is 19.0. The molecule has 31 heavy (non-hydrogen) atoms. The second kappa shape index (κ2) is 10.8. The van der Waals surface area contributed by atoms with E-state index in [1.807, 2.05) is 49.6 Å². The molecule has 0 aliphatic rings. The standard InChI is InChI=1S/C22H24N4O3S2/c1-3-10-26(13-19(27)24-17-8-5-4-7-15(17)2)20(28)12-16-14-31-22(23-16)25-21(29)18-9-6-11-30-18/h4-9,11,14H,3,10,12-13H2,1-2H3,(H,24,27)(H,23,25,29). The molecule has 0 atom stereocenters. The number of anilines is 2. The molecule has 3 amide bonds. The number of thiazole rings is 1. The van der Waals surface area contributed by atoms with Crippen molar-refractivity contribution in [1.82, 2.24) is 9.88 Å². The van der Waals surface area contributed by atoms with Gasteiger partial charge in [-0.1, -0.05) is 31.2 Å². The van der Waals surface area contributed by atoms with Crippen LogP contribution in [0.4, 0.5) is 10.8 Å². The molecular weight excluding hydrogens is 432 g/mol. The summed E-state index contributed by atoms with van der Waals surface area (Å²) in [6.45, 7) is 4.33. The number of hydrogen-bond donors (Lipinski definition) is 2. The zero-order chi connectivity index (χ0) is 22.2. The number of rotatable bonds is 9. The largest absolute Gasteiger partial charge is 0.333 e. The highest BCUT2D eigenvalue weighted by Gasteiger charge is 2.19. The molecule has 7 nitrogen and oxygen atoms in total. The van der Waals surface area contributed by atoms with Gasteiger partial charge in [0.15, 0.2) is 5.13 Å². The molecular formula is C22H24N4O3S2. The summed E-state index contributed by atoms with van der Waals surface area (Å²) < 4.78 is 0. The number of thiophene rings is 1. The summed E-state index contributed by atoms with van der Waals surface area (Å²) in [5.41, 5.74) is 2.27. The van der Waals surface area contributed by atoms with Crippen LogP contribution >= 0.6 is 22.7 Å². The van der Waals surface area contributed by atoms with Gasteiger partial charge in [0.1, 0.15) is 0 Å². The Morgan fingerprint density at radius 2 is 1.87 bits per heavy atom. The zero-order valence-electron chi connectivity index (χ0n) is 17.4. The maximum Gasteiger partial charge on any atom is 0.267 e. The third-order valence-corrected chi connectivity index (χ3v) is 6.12. The molecule has 2 heterocycles. The average molecular weight is 457 g/mol. The molecule has 162 valence electrons. The van der Waals surface area contributed by atoms with E-state index in [-0.39, 0.29) is 30.7 Å². The Bertz CT molecular complexity index is 1050. The van der Waals surface area contributed by atoms with Gasteiger partial charge < -0.3 is 10.2 Å². The Balaban J connectivity index is 1.57. The lowest BCUT2D eigenvalue weighted by atomic mass is 10.2. The fraction of sp³-hybridized carbons (Fsp3) is 0.273. The highest BCUT2D eigenvalue weighted by molar-refractivity contribution is 7.14. The fourth-order valence-electron chi connectivity index (χ4n) is 2.92. The van der Waals surface area contributed by atoms with Crippen LogP contribution in [0.1, 0.15) is 34.3 Å². The van der Waals surface area contributed by atoms with Crippen molar-refractivity contribution in [2.24, 2.45) is 0 Å². The molecule has 0 unspecified atom stereocenters. The van der Waals surface area contributed by atoms with E-state index < -0.39 is 0 Å². The van der Waals surface area contributed by atoms with Crippen molar-refractivity contribution in [2.45, 2.75) is 26.7 Å². The van der Waals surface area contributed by atoms with Gasteiger partial charge in [-0.3, -0.25) is 19.7 Å². The number of carbonyl (C=O) groups is 3. The summed E-state index contributed by atoms with van der Waals surface area (Å²) in [4.78, 5) is 43.9. The van der Waals surface area contributed by atoms with E-state index in [1.54, 1.807) is 11.4 Å². The normalized spacial score (nSPS) is 10.5. The molecule has 3 rings (SSSR count). The number of nitrogens with one attached hydrogen (secondary N) is 2. The van der Waals surface area contributed by atoms with Crippen LogP contribution in [0, 0.1) is 6.92 Å². The molecule has 2 aromatic heterocycles. The fourth-order valence-corrected chi connectivity index (χ4v) is 4.24. The summed E-state index contributed by atoms with van der Waals surface area (Å²) in [6.07, 6.45) is 0.811.